The normalized spacial score (nSPS) is 37.5. The molecule has 0 unspecified atom stereocenters. The Kier molecular flexibility index (Phi) is 6.51. The first-order valence-electron chi connectivity index (χ1n) is 10.7. The Hall–Kier alpha value is -1.69. The van der Waals surface area contributed by atoms with E-state index < -0.39 is 35.1 Å². The average molecular weight is 403 g/mol. The van der Waals surface area contributed by atoms with E-state index in [-0.39, 0.29) is 18.4 Å². The minimum atomic E-state index is -1.35. The van der Waals surface area contributed by atoms with Crippen LogP contribution in [0.5, 0.6) is 0 Å². The van der Waals surface area contributed by atoms with Gasteiger partial charge in [-0.15, -0.1) is 0 Å². The second-order valence-corrected chi connectivity index (χ2v) is 9.43. The Morgan fingerprint density at radius 1 is 1.21 bits per heavy atom. The van der Waals surface area contributed by atoms with E-state index >= 15 is 0 Å². The fourth-order valence-electron chi connectivity index (χ4n) is 5.48. The van der Waals surface area contributed by atoms with E-state index in [2.05, 4.69) is 13.8 Å². The van der Waals surface area contributed by atoms with Gasteiger partial charge in [0.25, 0.3) is 0 Å². The predicted octanol–water partition coefficient (Wildman–Crippen LogP) is 3.18. The highest BCUT2D eigenvalue weighted by Gasteiger charge is 2.61. The molecule has 0 bridgehead atoms. The average Bonchev–Trinajstić information content (AvgIpc) is 2.69. The molecule has 0 saturated heterocycles. The maximum atomic E-state index is 12.2. The largest absolute Gasteiger partial charge is 0.459 e. The summed E-state index contributed by atoms with van der Waals surface area (Å²) in [6, 6.07) is 9.44. The first-order valence-corrected chi connectivity index (χ1v) is 10.7. The number of ether oxygens (including phenoxy) is 1. The summed E-state index contributed by atoms with van der Waals surface area (Å²) in [5.41, 5.74) is -1.06. The van der Waals surface area contributed by atoms with Crippen molar-refractivity contribution in [3.8, 4) is 0 Å². The molecule has 2 saturated carbocycles. The Labute approximate surface area is 173 Å². The summed E-state index contributed by atoms with van der Waals surface area (Å²) in [7, 11) is 0. The maximum absolute atomic E-state index is 12.2. The van der Waals surface area contributed by atoms with Gasteiger partial charge in [-0.2, -0.15) is 0 Å². The van der Waals surface area contributed by atoms with Crippen LogP contribution in [-0.2, 0) is 9.53 Å². The molecule has 2 fully saturated rings. The lowest BCUT2D eigenvalue weighted by molar-refractivity contribution is -0.238. The standard InChI is InChI=1S/C24H34O5/c1-16(2)18-11-13-23(3)19(25)12-14-24(28,22(23)21(18)27)15-29-20(26)10-9-17-7-5-4-6-8-17/h4-10,16,18-19,21-22,25,27-28H,11-15H2,1-3H3/b10-9+/t18-,19-,21+,22-,23+,24+/m0/s1. The fraction of sp³-hybridized carbons (Fsp3) is 0.625. The first kappa shape index (κ1) is 22.0. The fourth-order valence-corrected chi connectivity index (χ4v) is 5.48. The number of aliphatic hydroxyl groups is 3. The molecule has 0 radical (unpaired) electrons. The summed E-state index contributed by atoms with van der Waals surface area (Å²) < 4.78 is 5.41. The molecule has 5 heteroatoms. The van der Waals surface area contributed by atoms with E-state index in [1.54, 1.807) is 6.08 Å². The van der Waals surface area contributed by atoms with Gasteiger partial charge in [-0.05, 0) is 49.2 Å². The molecule has 3 N–H and O–H groups in total. The van der Waals surface area contributed by atoms with Crippen LogP contribution >= 0.6 is 0 Å². The van der Waals surface area contributed by atoms with Crippen molar-refractivity contribution >= 4 is 12.0 Å². The van der Waals surface area contributed by atoms with Crippen molar-refractivity contribution in [1.29, 1.82) is 0 Å². The van der Waals surface area contributed by atoms with Gasteiger partial charge in [-0.3, -0.25) is 0 Å². The summed E-state index contributed by atoms with van der Waals surface area (Å²) in [4.78, 5) is 12.2. The third kappa shape index (κ3) is 4.42. The zero-order chi connectivity index (χ0) is 21.2. The number of carbonyl (C=O) groups is 1. The summed E-state index contributed by atoms with van der Waals surface area (Å²) >= 11 is 0. The SMILES string of the molecule is CC(C)[C@@H]1CC[C@@]2(C)[C@H]([C@@H]1O)[C@](O)(COC(=O)/C=C/c1ccccc1)CC[C@@H]2O. The Bertz CT molecular complexity index is 730. The Balaban J connectivity index is 1.74. The van der Waals surface area contributed by atoms with Crippen LogP contribution in [0.25, 0.3) is 6.08 Å². The van der Waals surface area contributed by atoms with Crippen LogP contribution in [0, 0.1) is 23.2 Å². The second kappa shape index (κ2) is 8.58. The van der Waals surface area contributed by atoms with E-state index in [1.165, 1.54) is 6.08 Å². The molecule has 6 atom stereocenters. The number of aliphatic hydroxyl groups excluding tert-OH is 2. The number of fused-ring (bicyclic) bond motifs is 1. The van der Waals surface area contributed by atoms with Gasteiger partial charge in [0.15, 0.2) is 0 Å². The summed E-state index contributed by atoms with van der Waals surface area (Å²) in [6.07, 6.45) is 3.99. The first-order chi connectivity index (χ1) is 13.7. The monoisotopic (exact) mass is 402 g/mol. The van der Waals surface area contributed by atoms with Crippen LogP contribution < -0.4 is 0 Å². The summed E-state index contributed by atoms with van der Waals surface area (Å²) in [5, 5.41) is 33.3. The van der Waals surface area contributed by atoms with Crippen molar-refractivity contribution in [2.24, 2.45) is 23.2 Å². The van der Waals surface area contributed by atoms with Gasteiger partial charge in [-0.1, -0.05) is 51.1 Å². The highest BCUT2D eigenvalue weighted by molar-refractivity contribution is 5.87. The molecule has 0 aliphatic heterocycles. The molecule has 0 aromatic heterocycles. The number of carbonyl (C=O) groups excluding carboxylic acids is 1. The van der Waals surface area contributed by atoms with E-state index in [4.69, 9.17) is 4.74 Å². The van der Waals surface area contributed by atoms with Crippen molar-refractivity contribution in [2.45, 2.75) is 64.3 Å². The van der Waals surface area contributed by atoms with Crippen LogP contribution in [0.3, 0.4) is 0 Å². The molecule has 0 spiro atoms. The lowest BCUT2D eigenvalue weighted by Crippen LogP contribution is -2.65. The molecule has 2 aliphatic carbocycles. The van der Waals surface area contributed by atoms with Crippen LogP contribution in [0.15, 0.2) is 36.4 Å². The zero-order valence-electron chi connectivity index (χ0n) is 17.6. The van der Waals surface area contributed by atoms with Crippen molar-refractivity contribution in [3.05, 3.63) is 42.0 Å². The van der Waals surface area contributed by atoms with Crippen LogP contribution in [0.4, 0.5) is 0 Å². The minimum absolute atomic E-state index is 0.0542. The number of esters is 1. The van der Waals surface area contributed by atoms with E-state index in [0.717, 1.165) is 18.4 Å². The number of hydrogen-bond donors (Lipinski definition) is 3. The molecule has 0 amide bonds. The molecule has 0 heterocycles. The third-order valence-electron chi connectivity index (χ3n) is 7.23. The van der Waals surface area contributed by atoms with Crippen LogP contribution in [-0.4, -0.2) is 45.7 Å². The highest BCUT2D eigenvalue weighted by Crippen LogP contribution is 2.56. The van der Waals surface area contributed by atoms with Gasteiger partial charge in [0.1, 0.15) is 12.2 Å². The molecular formula is C24H34O5. The topological polar surface area (TPSA) is 87.0 Å². The van der Waals surface area contributed by atoms with Crippen molar-refractivity contribution < 1.29 is 24.9 Å². The van der Waals surface area contributed by atoms with Gasteiger partial charge in [0.2, 0.25) is 0 Å². The molecule has 160 valence electrons. The lowest BCUT2D eigenvalue weighted by atomic mass is 9.50. The second-order valence-electron chi connectivity index (χ2n) is 9.43. The van der Waals surface area contributed by atoms with Crippen molar-refractivity contribution in [2.75, 3.05) is 6.61 Å². The van der Waals surface area contributed by atoms with Gasteiger partial charge < -0.3 is 20.1 Å². The maximum Gasteiger partial charge on any atom is 0.330 e. The van der Waals surface area contributed by atoms with Gasteiger partial charge >= 0.3 is 5.97 Å². The molecule has 1 aromatic carbocycles. The van der Waals surface area contributed by atoms with Crippen LogP contribution in [0.2, 0.25) is 0 Å². The summed E-state index contributed by atoms with van der Waals surface area (Å²) in [6.45, 7) is 5.91. The van der Waals surface area contributed by atoms with E-state index in [1.807, 2.05) is 37.3 Å². The predicted molar refractivity (Wildman–Crippen MR) is 112 cm³/mol. The van der Waals surface area contributed by atoms with Gasteiger partial charge in [0, 0.05) is 17.4 Å². The van der Waals surface area contributed by atoms with Crippen molar-refractivity contribution in [1.82, 2.24) is 0 Å². The van der Waals surface area contributed by atoms with E-state index in [9.17, 15) is 20.1 Å². The lowest BCUT2D eigenvalue weighted by Gasteiger charge is -2.59. The highest BCUT2D eigenvalue weighted by atomic mass is 16.5. The minimum Gasteiger partial charge on any atom is -0.459 e. The number of benzene rings is 1. The third-order valence-corrected chi connectivity index (χ3v) is 7.23. The van der Waals surface area contributed by atoms with Crippen molar-refractivity contribution in [3.63, 3.8) is 0 Å². The molecule has 29 heavy (non-hydrogen) atoms. The van der Waals surface area contributed by atoms with E-state index in [0.29, 0.717) is 12.8 Å². The zero-order valence-corrected chi connectivity index (χ0v) is 17.6. The number of hydrogen-bond acceptors (Lipinski definition) is 5. The Morgan fingerprint density at radius 3 is 2.55 bits per heavy atom. The Morgan fingerprint density at radius 2 is 1.90 bits per heavy atom. The van der Waals surface area contributed by atoms with Gasteiger partial charge in [-0.25, -0.2) is 4.79 Å². The molecule has 5 nitrogen and oxygen atoms in total. The molecule has 3 rings (SSSR count). The molecule has 2 aliphatic rings. The van der Waals surface area contributed by atoms with Crippen LogP contribution in [0.1, 0.15) is 52.0 Å². The van der Waals surface area contributed by atoms with Gasteiger partial charge in [0.05, 0.1) is 12.2 Å². The quantitative estimate of drug-likeness (QED) is 0.520. The number of rotatable bonds is 5. The smallest absolute Gasteiger partial charge is 0.330 e. The summed E-state index contributed by atoms with van der Waals surface area (Å²) in [5.74, 6) is -0.737. The molecule has 1 aromatic rings. The molecular weight excluding hydrogens is 368 g/mol.